The van der Waals surface area contributed by atoms with Crippen LogP contribution >= 0.6 is 0 Å². The smallest absolute Gasteiger partial charge is 0.328 e. The highest BCUT2D eigenvalue weighted by Crippen LogP contribution is 2.06. The second-order valence-electron chi connectivity index (χ2n) is 3.35. The topological polar surface area (TPSA) is 55.4 Å². The van der Waals surface area contributed by atoms with E-state index in [-0.39, 0.29) is 5.91 Å². The van der Waals surface area contributed by atoms with Gasteiger partial charge in [0.1, 0.15) is 13.2 Å². The maximum Gasteiger partial charge on any atom is 0.328 e. The minimum Gasteiger partial charge on any atom is -0.461 e. The normalized spacial score (nSPS) is 12.4. The third kappa shape index (κ3) is 5.22. The van der Waals surface area contributed by atoms with Crippen molar-refractivity contribution in [3.63, 3.8) is 0 Å². The molecule has 0 bridgehead atoms. The molecule has 0 saturated heterocycles. The van der Waals surface area contributed by atoms with Gasteiger partial charge in [-0.3, -0.25) is 4.79 Å². The molecule has 0 rings (SSSR count). The Bertz CT molecular complexity index is 189. The Morgan fingerprint density at radius 2 is 2.00 bits per heavy atom. The zero-order valence-electron chi connectivity index (χ0n) is 8.29. The molecule has 1 atom stereocenters. The number of carbonyl (C=O) groups excluding carboxylic acids is 2. The highest BCUT2D eigenvalue weighted by Gasteiger charge is 2.20. The van der Waals surface area contributed by atoms with Crippen molar-refractivity contribution >= 4 is 11.9 Å². The number of carbonyl (C=O) groups is 2. The van der Waals surface area contributed by atoms with Crippen molar-refractivity contribution in [2.45, 2.75) is 33.2 Å². The molecular weight excluding hydrogens is 170 g/mol. The molecule has 0 aliphatic carbocycles. The molecule has 0 saturated carbocycles. The van der Waals surface area contributed by atoms with Crippen molar-refractivity contribution < 1.29 is 14.3 Å². The fourth-order valence-electron chi connectivity index (χ4n) is 1.03. The van der Waals surface area contributed by atoms with Crippen LogP contribution in [0.25, 0.3) is 0 Å². The third-order valence-electron chi connectivity index (χ3n) is 1.51. The lowest BCUT2D eigenvalue weighted by molar-refractivity contribution is -0.143. The molecule has 4 nitrogen and oxygen atoms in total. The molecule has 13 heavy (non-hydrogen) atoms. The molecule has 75 valence electrons. The van der Waals surface area contributed by atoms with Crippen LogP contribution in [0.5, 0.6) is 0 Å². The Labute approximate surface area is 78.6 Å². The Balaban J connectivity index is 4.18. The van der Waals surface area contributed by atoms with Gasteiger partial charge in [0.15, 0.2) is 0 Å². The SMILES string of the molecule is [CH2]OC(=O)[C@H](CC(C)C)NC(C)=O. The van der Waals surface area contributed by atoms with Gasteiger partial charge in [-0.25, -0.2) is 4.79 Å². The van der Waals surface area contributed by atoms with Crippen molar-refractivity contribution in [2.24, 2.45) is 5.92 Å². The van der Waals surface area contributed by atoms with Crippen molar-refractivity contribution in [3.05, 3.63) is 7.11 Å². The second-order valence-corrected chi connectivity index (χ2v) is 3.35. The number of nitrogens with one attached hydrogen (secondary N) is 1. The molecule has 0 aromatic carbocycles. The third-order valence-corrected chi connectivity index (χ3v) is 1.51. The number of esters is 1. The van der Waals surface area contributed by atoms with E-state index < -0.39 is 12.0 Å². The molecule has 0 fully saturated rings. The van der Waals surface area contributed by atoms with Gasteiger partial charge >= 0.3 is 5.97 Å². The van der Waals surface area contributed by atoms with Crippen LogP contribution in [0.2, 0.25) is 0 Å². The molecule has 1 radical (unpaired) electrons. The van der Waals surface area contributed by atoms with Crippen LogP contribution in [0.3, 0.4) is 0 Å². The average molecular weight is 186 g/mol. The van der Waals surface area contributed by atoms with Crippen LogP contribution in [-0.4, -0.2) is 17.9 Å². The lowest BCUT2D eigenvalue weighted by atomic mass is 10.0. The lowest BCUT2D eigenvalue weighted by Gasteiger charge is -2.16. The number of hydrogen-bond donors (Lipinski definition) is 1. The number of rotatable bonds is 4. The zero-order chi connectivity index (χ0) is 10.4. The van der Waals surface area contributed by atoms with Crippen LogP contribution in [0.1, 0.15) is 27.2 Å². The summed E-state index contributed by atoms with van der Waals surface area (Å²) < 4.78 is 4.31. The molecule has 4 heteroatoms. The van der Waals surface area contributed by atoms with Crippen molar-refractivity contribution in [3.8, 4) is 0 Å². The van der Waals surface area contributed by atoms with E-state index >= 15 is 0 Å². The number of amides is 1. The summed E-state index contributed by atoms with van der Waals surface area (Å²) in [5, 5.41) is 2.51. The quantitative estimate of drug-likeness (QED) is 0.663. The molecule has 0 spiro atoms. The average Bonchev–Trinajstić information content (AvgIpc) is 2.00. The first-order valence-corrected chi connectivity index (χ1v) is 4.20. The van der Waals surface area contributed by atoms with E-state index in [1.165, 1.54) is 6.92 Å². The molecule has 0 aliphatic heterocycles. The van der Waals surface area contributed by atoms with Gasteiger partial charge in [-0.05, 0) is 12.3 Å². The van der Waals surface area contributed by atoms with Crippen LogP contribution in [-0.2, 0) is 14.3 Å². The van der Waals surface area contributed by atoms with Crippen LogP contribution < -0.4 is 5.32 Å². The predicted molar refractivity (Wildman–Crippen MR) is 48.5 cm³/mol. The summed E-state index contributed by atoms with van der Waals surface area (Å²) in [5.74, 6) is -0.420. The molecule has 0 aromatic heterocycles. The molecule has 1 N–H and O–H groups in total. The highest BCUT2D eigenvalue weighted by atomic mass is 16.5. The summed E-state index contributed by atoms with van der Waals surface area (Å²) in [7, 11) is 3.02. The molecule has 0 heterocycles. The predicted octanol–water partition coefficient (Wildman–Crippen LogP) is 0.872. The Morgan fingerprint density at radius 1 is 1.46 bits per heavy atom. The van der Waals surface area contributed by atoms with Gasteiger partial charge in [-0.1, -0.05) is 13.8 Å². The van der Waals surface area contributed by atoms with E-state index in [2.05, 4.69) is 17.2 Å². The van der Waals surface area contributed by atoms with E-state index in [0.717, 1.165) is 0 Å². The Morgan fingerprint density at radius 3 is 2.31 bits per heavy atom. The highest BCUT2D eigenvalue weighted by molar-refractivity contribution is 5.83. The first kappa shape index (κ1) is 11.9. The van der Waals surface area contributed by atoms with Gasteiger partial charge in [0.05, 0.1) is 0 Å². The van der Waals surface area contributed by atoms with Gasteiger partial charge in [0.2, 0.25) is 5.91 Å². The largest absolute Gasteiger partial charge is 0.461 e. The minimum absolute atomic E-state index is 0.240. The van der Waals surface area contributed by atoms with E-state index in [1.54, 1.807) is 0 Å². The van der Waals surface area contributed by atoms with E-state index in [1.807, 2.05) is 13.8 Å². The van der Waals surface area contributed by atoms with Gasteiger partial charge in [-0.15, -0.1) is 0 Å². The molecular formula is C9H16NO3. The van der Waals surface area contributed by atoms with E-state index in [9.17, 15) is 9.59 Å². The second kappa shape index (κ2) is 5.56. The summed E-state index contributed by atoms with van der Waals surface area (Å²) in [6.45, 7) is 5.29. The number of ether oxygens (including phenoxy) is 1. The molecule has 0 unspecified atom stereocenters. The van der Waals surface area contributed by atoms with Gasteiger partial charge < -0.3 is 10.1 Å². The van der Waals surface area contributed by atoms with Crippen LogP contribution in [0, 0.1) is 13.0 Å². The van der Waals surface area contributed by atoms with Gasteiger partial charge in [-0.2, -0.15) is 0 Å². The maximum absolute atomic E-state index is 11.1. The van der Waals surface area contributed by atoms with E-state index in [4.69, 9.17) is 0 Å². The summed E-state index contributed by atoms with van der Waals surface area (Å²) in [4.78, 5) is 21.8. The molecule has 0 aliphatic rings. The van der Waals surface area contributed by atoms with Crippen LogP contribution in [0.4, 0.5) is 0 Å². The maximum atomic E-state index is 11.1. The molecule has 1 amide bonds. The van der Waals surface area contributed by atoms with Gasteiger partial charge in [0, 0.05) is 6.92 Å². The Hall–Kier alpha value is -1.06. The summed E-state index contributed by atoms with van der Waals surface area (Å²) in [5.41, 5.74) is 0. The van der Waals surface area contributed by atoms with Crippen molar-refractivity contribution in [2.75, 3.05) is 0 Å². The van der Waals surface area contributed by atoms with Gasteiger partial charge in [0.25, 0.3) is 0 Å². The fraction of sp³-hybridized carbons (Fsp3) is 0.667. The summed E-state index contributed by atoms with van der Waals surface area (Å²) in [6.07, 6.45) is 0.563. The van der Waals surface area contributed by atoms with Crippen molar-refractivity contribution in [1.29, 1.82) is 0 Å². The standard InChI is InChI=1S/C9H16NO3/c1-6(2)5-8(9(12)13-4)10-7(3)11/h6,8H,4-5H2,1-3H3,(H,10,11)/t8-/m0/s1. The Kier molecular flexibility index (Phi) is 5.11. The van der Waals surface area contributed by atoms with Crippen LogP contribution in [0.15, 0.2) is 0 Å². The first-order chi connectivity index (χ1) is 5.97. The molecule has 0 aromatic rings. The summed E-state index contributed by atoms with van der Waals surface area (Å²) in [6, 6.07) is -0.574. The van der Waals surface area contributed by atoms with E-state index in [0.29, 0.717) is 12.3 Å². The minimum atomic E-state index is -0.574. The zero-order valence-corrected chi connectivity index (χ0v) is 8.29. The summed E-state index contributed by atoms with van der Waals surface area (Å²) >= 11 is 0. The number of hydrogen-bond acceptors (Lipinski definition) is 3. The lowest BCUT2D eigenvalue weighted by Crippen LogP contribution is -2.41. The fourth-order valence-corrected chi connectivity index (χ4v) is 1.03. The first-order valence-electron chi connectivity index (χ1n) is 4.20. The monoisotopic (exact) mass is 186 g/mol. The van der Waals surface area contributed by atoms with Crippen molar-refractivity contribution in [1.82, 2.24) is 5.32 Å².